The van der Waals surface area contributed by atoms with Gasteiger partial charge in [0.15, 0.2) is 0 Å². The van der Waals surface area contributed by atoms with Crippen LogP contribution in [-0.2, 0) is 17.8 Å². The van der Waals surface area contributed by atoms with Gasteiger partial charge >= 0.3 is 0 Å². The Morgan fingerprint density at radius 2 is 2.14 bits per heavy atom. The zero-order chi connectivity index (χ0) is 15.1. The maximum atomic E-state index is 12.0. The van der Waals surface area contributed by atoms with Crippen molar-refractivity contribution in [2.24, 2.45) is 0 Å². The molecule has 21 heavy (non-hydrogen) atoms. The number of carbonyl (C=O) groups is 1. The Morgan fingerprint density at radius 1 is 1.33 bits per heavy atom. The highest BCUT2D eigenvalue weighted by Gasteiger charge is 2.08. The lowest BCUT2D eigenvalue weighted by Crippen LogP contribution is -2.16. The van der Waals surface area contributed by atoms with Gasteiger partial charge in [0.05, 0.1) is 6.20 Å². The molecule has 0 fully saturated rings. The second-order valence-corrected chi connectivity index (χ2v) is 5.04. The predicted molar refractivity (Wildman–Crippen MR) is 84.9 cm³/mol. The summed E-state index contributed by atoms with van der Waals surface area (Å²) in [6, 6.07) is 9.46. The van der Waals surface area contributed by atoms with E-state index in [2.05, 4.69) is 17.3 Å². The van der Waals surface area contributed by atoms with Gasteiger partial charge < -0.3 is 11.1 Å². The van der Waals surface area contributed by atoms with Crippen LogP contribution >= 0.6 is 0 Å². The number of nitrogens with one attached hydrogen (secondary N) is 1. The van der Waals surface area contributed by atoms with Crippen molar-refractivity contribution in [3.8, 4) is 0 Å². The predicted octanol–water partition coefficient (Wildman–Crippen LogP) is 2.84. The second kappa shape index (κ2) is 7.47. The lowest BCUT2D eigenvalue weighted by atomic mass is 10.1. The Hall–Kier alpha value is -2.30. The maximum Gasteiger partial charge on any atom is 0.225 e. The molecule has 2 aromatic rings. The summed E-state index contributed by atoms with van der Waals surface area (Å²) >= 11 is 0. The average molecular weight is 286 g/mol. The van der Waals surface area contributed by atoms with Crippen molar-refractivity contribution in [2.45, 2.75) is 39.2 Å². The van der Waals surface area contributed by atoms with Crippen molar-refractivity contribution in [1.29, 1.82) is 0 Å². The van der Waals surface area contributed by atoms with E-state index in [0.29, 0.717) is 12.8 Å². The molecule has 0 saturated heterocycles. The molecule has 0 saturated carbocycles. The van der Waals surface area contributed by atoms with Crippen LogP contribution in [0.4, 0.5) is 11.5 Å². The minimum atomic E-state index is -0.0171. The van der Waals surface area contributed by atoms with E-state index in [-0.39, 0.29) is 5.91 Å². The first kappa shape index (κ1) is 15.1. The zero-order valence-corrected chi connectivity index (χ0v) is 12.4. The minimum absolute atomic E-state index is 0.0171. The van der Waals surface area contributed by atoms with Crippen LogP contribution < -0.4 is 11.1 Å². The van der Waals surface area contributed by atoms with Gasteiger partial charge in [0, 0.05) is 24.7 Å². The van der Waals surface area contributed by atoms with Crippen molar-refractivity contribution in [1.82, 2.24) is 9.78 Å². The third-order valence-electron chi connectivity index (χ3n) is 3.38. The number of nitrogen functional groups attached to an aromatic ring is 1. The molecule has 0 unspecified atom stereocenters. The number of anilines is 2. The third-order valence-corrected chi connectivity index (χ3v) is 3.38. The number of aryl methyl sites for hydroxylation is 2. The van der Waals surface area contributed by atoms with E-state index < -0.39 is 0 Å². The normalized spacial score (nSPS) is 10.5. The van der Waals surface area contributed by atoms with Gasteiger partial charge in [-0.3, -0.25) is 4.79 Å². The van der Waals surface area contributed by atoms with Crippen molar-refractivity contribution in [3.05, 3.63) is 42.1 Å². The van der Waals surface area contributed by atoms with E-state index >= 15 is 0 Å². The largest absolute Gasteiger partial charge is 0.399 e. The molecule has 0 atom stereocenters. The Balaban J connectivity index is 1.87. The minimum Gasteiger partial charge on any atom is -0.399 e. The monoisotopic (exact) mass is 286 g/mol. The first-order valence-corrected chi connectivity index (χ1v) is 7.35. The van der Waals surface area contributed by atoms with Crippen molar-refractivity contribution < 1.29 is 4.79 Å². The summed E-state index contributed by atoms with van der Waals surface area (Å²) in [7, 11) is 0. The highest BCUT2D eigenvalue weighted by molar-refractivity contribution is 5.90. The molecule has 0 aliphatic rings. The summed E-state index contributed by atoms with van der Waals surface area (Å²) in [4.78, 5) is 12.0. The SMILES string of the molecule is CCCCn1nccc1NC(=O)CCc1ccccc1N. The van der Waals surface area contributed by atoms with Gasteiger partial charge in [0.2, 0.25) is 5.91 Å². The van der Waals surface area contributed by atoms with Crippen LogP contribution in [0.2, 0.25) is 0 Å². The Labute approximate surface area is 125 Å². The average Bonchev–Trinajstić information content (AvgIpc) is 2.91. The number of hydrogen-bond acceptors (Lipinski definition) is 3. The van der Waals surface area contributed by atoms with Crippen LogP contribution in [0.25, 0.3) is 0 Å². The zero-order valence-electron chi connectivity index (χ0n) is 12.4. The van der Waals surface area contributed by atoms with E-state index in [4.69, 9.17) is 5.73 Å². The molecule has 1 aromatic heterocycles. The van der Waals surface area contributed by atoms with Crippen LogP contribution in [0.5, 0.6) is 0 Å². The highest BCUT2D eigenvalue weighted by Crippen LogP contribution is 2.14. The molecule has 0 spiro atoms. The van der Waals surface area contributed by atoms with Crippen LogP contribution in [0.15, 0.2) is 36.5 Å². The third kappa shape index (κ3) is 4.34. The van der Waals surface area contributed by atoms with Crippen LogP contribution in [-0.4, -0.2) is 15.7 Å². The molecule has 112 valence electrons. The molecule has 3 N–H and O–H groups in total. The quantitative estimate of drug-likeness (QED) is 0.769. The molecule has 0 radical (unpaired) electrons. The van der Waals surface area contributed by atoms with E-state index in [1.54, 1.807) is 6.20 Å². The summed E-state index contributed by atoms with van der Waals surface area (Å²) in [6.07, 6.45) is 4.90. The van der Waals surface area contributed by atoms with E-state index in [1.807, 2.05) is 35.0 Å². The molecular formula is C16H22N4O. The van der Waals surface area contributed by atoms with Gasteiger partial charge in [-0.15, -0.1) is 0 Å². The van der Waals surface area contributed by atoms with E-state index in [1.165, 1.54) is 0 Å². The van der Waals surface area contributed by atoms with Crippen molar-refractivity contribution in [2.75, 3.05) is 11.1 Å². The smallest absolute Gasteiger partial charge is 0.225 e. The standard InChI is InChI=1S/C16H22N4O/c1-2-3-12-20-15(10-11-18-20)19-16(21)9-8-13-6-4-5-7-14(13)17/h4-7,10-11H,2-3,8-9,12,17H2,1H3,(H,19,21). The first-order chi connectivity index (χ1) is 10.2. The fourth-order valence-electron chi connectivity index (χ4n) is 2.14. The van der Waals surface area contributed by atoms with Gasteiger partial charge in [-0.1, -0.05) is 31.5 Å². The number of nitrogens with zero attached hydrogens (tertiary/aromatic N) is 2. The number of unbranched alkanes of at least 4 members (excludes halogenated alkanes) is 1. The second-order valence-electron chi connectivity index (χ2n) is 5.04. The van der Waals surface area contributed by atoms with Gasteiger partial charge in [-0.2, -0.15) is 5.10 Å². The molecule has 5 nitrogen and oxygen atoms in total. The molecule has 0 bridgehead atoms. The van der Waals surface area contributed by atoms with Crippen molar-refractivity contribution in [3.63, 3.8) is 0 Å². The lowest BCUT2D eigenvalue weighted by molar-refractivity contribution is -0.116. The molecule has 2 rings (SSSR count). The first-order valence-electron chi connectivity index (χ1n) is 7.35. The van der Waals surface area contributed by atoms with Gasteiger partial charge in [0.25, 0.3) is 0 Å². The maximum absolute atomic E-state index is 12.0. The van der Waals surface area contributed by atoms with Gasteiger partial charge in [0.1, 0.15) is 5.82 Å². The molecule has 0 aliphatic heterocycles. The Kier molecular flexibility index (Phi) is 5.37. The number of rotatable bonds is 7. The molecular weight excluding hydrogens is 264 g/mol. The summed E-state index contributed by atoms with van der Waals surface area (Å²) in [6.45, 7) is 2.96. The number of amides is 1. The number of hydrogen-bond donors (Lipinski definition) is 2. The fourth-order valence-corrected chi connectivity index (χ4v) is 2.14. The molecule has 1 amide bonds. The van der Waals surface area contributed by atoms with Gasteiger partial charge in [-0.05, 0) is 24.5 Å². The Morgan fingerprint density at radius 3 is 2.90 bits per heavy atom. The van der Waals surface area contributed by atoms with Gasteiger partial charge in [-0.25, -0.2) is 4.68 Å². The van der Waals surface area contributed by atoms with E-state index in [9.17, 15) is 4.79 Å². The summed E-state index contributed by atoms with van der Waals surface area (Å²) in [5, 5.41) is 7.13. The lowest BCUT2D eigenvalue weighted by Gasteiger charge is -2.09. The summed E-state index contributed by atoms with van der Waals surface area (Å²) in [5.74, 6) is 0.742. The molecule has 0 aliphatic carbocycles. The van der Waals surface area contributed by atoms with Crippen molar-refractivity contribution >= 4 is 17.4 Å². The Bertz CT molecular complexity index is 591. The number of benzene rings is 1. The van der Waals surface area contributed by atoms with Crippen LogP contribution in [0.1, 0.15) is 31.7 Å². The molecule has 1 aromatic carbocycles. The number of aromatic nitrogens is 2. The summed E-state index contributed by atoms with van der Waals surface area (Å²) < 4.78 is 1.83. The molecule has 1 heterocycles. The molecule has 5 heteroatoms. The topological polar surface area (TPSA) is 72.9 Å². The highest BCUT2D eigenvalue weighted by atomic mass is 16.1. The fraction of sp³-hybridized carbons (Fsp3) is 0.375. The van der Waals surface area contributed by atoms with Crippen LogP contribution in [0.3, 0.4) is 0 Å². The summed E-state index contributed by atoms with van der Waals surface area (Å²) in [5.41, 5.74) is 7.62. The number of nitrogens with two attached hydrogens (primary N) is 1. The van der Waals surface area contributed by atoms with Crippen LogP contribution in [0, 0.1) is 0 Å². The number of para-hydroxylation sites is 1. The number of carbonyl (C=O) groups excluding carboxylic acids is 1. The van der Waals surface area contributed by atoms with E-state index in [0.717, 1.165) is 36.5 Å².